The van der Waals surface area contributed by atoms with Gasteiger partial charge in [-0.15, -0.1) is 0 Å². The van der Waals surface area contributed by atoms with Gasteiger partial charge < -0.3 is 5.32 Å². The minimum Gasteiger partial charge on any atom is -0.316 e. The third kappa shape index (κ3) is 2.41. The molecule has 0 unspecified atom stereocenters. The molecule has 16 heavy (non-hydrogen) atoms. The molecule has 0 saturated heterocycles. The lowest BCUT2D eigenvalue weighted by Crippen LogP contribution is -2.07. The van der Waals surface area contributed by atoms with Crippen LogP contribution in [0.1, 0.15) is 11.1 Å². The van der Waals surface area contributed by atoms with E-state index >= 15 is 0 Å². The lowest BCUT2D eigenvalue weighted by molar-refractivity contribution is 0.796. The normalized spacial score (nSPS) is 10.7. The minimum atomic E-state index is 0.838. The van der Waals surface area contributed by atoms with E-state index in [1.54, 1.807) is 4.68 Å². The summed E-state index contributed by atoms with van der Waals surface area (Å²) in [4.78, 5) is 4.44. The van der Waals surface area contributed by atoms with Crippen molar-refractivity contribution in [2.24, 2.45) is 0 Å². The van der Waals surface area contributed by atoms with Crippen LogP contribution in [0.3, 0.4) is 0 Å². The molecule has 0 atom stereocenters. The van der Waals surface area contributed by atoms with E-state index in [-0.39, 0.29) is 0 Å². The Morgan fingerprint density at radius 2 is 2.25 bits per heavy atom. The Kier molecular flexibility index (Phi) is 3.55. The molecule has 84 valence electrons. The third-order valence-electron chi connectivity index (χ3n) is 2.26. The molecule has 0 fully saturated rings. The maximum atomic E-state index is 4.44. The van der Waals surface area contributed by atoms with Crippen LogP contribution in [0, 0.1) is 10.5 Å². The van der Waals surface area contributed by atoms with Crippen molar-refractivity contribution in [3.63, 3.8) is 0 Å². The first kappa shape index (κ1) is 11.5. The number of rotatable bonds is 3. The summed E-state index contributed by atoms with van der Waals surface area (Å²) >= 11 is 2.24. The Labute approximate surface area is 108 Å². The van der Waals surface area contributed by atoms with Crippen molar-refractivity contribution >= 4 is 22.6 Å². The van der Waals surface area contributed by atoms with E-state index in [0.717, 1.165) is 21.5 Å². The third-order valence-corrected chi connectivity index (χ3v) is 2.81. The van der Waals surface area contributed by atoms with Gasteiger partial charge in [-0.25, -0.2) is 9.67 Å². The van der Waals surface area contributed by atoms with Gasteiger partial charge >= 0.3 is 0 Å². The highest BCUT2D eigenvalue weighted by molar-refractivity contribution is 14.1. The molecule has 0 aliphatic carbocycles. The standard InChI is InChI=1S/C11H13IN4/c1-8-3-9(4-13-2)5-14-11(8)16-7-10(12)6-15-16/h3,5-7,13H,4H2,1-2H3. The maximum Gasteiger partial charge on any atom is 0.156 e. The second-order valence-corrected chi connectivity index (χ2v) is 4.86. The van der Waals surface area contributed by atoms with Crippen LogP contribution in [-0.2, 0) is 6.54 Å². The summed E-state index contributed by atoms with van der Waals surface area (Å²) in [5, 5.41) is 7.36. The van der Waals surface area contributed by atoms with Gasteiger partial charge in [-0.05, 0) is 53.8 Å². The van der Waals surface area contributed by atoms with Crippen LogP contribution in [-0.4, -0.2) is 21.8 Å². The summed E-state index contributed by atoms with van der Waals surface area (Å²) < 4.78 is 2.92. The van der Waals surface area contributed by atoms with Gasteiger partial charge in [0.25, 0.3) is 0 Å². The van der Waals surface area contributed by atoms with Crippen molar-refractivity contribution in [3.8, 4) is 5.82 Å². The molecule has 0 aliphatic rings. The number of nitrogens with one attached hydrogen (secondary N) is 1. The Morgan fingerprint density at radius 3 is 2.81 bits per heavy atom. The molecule has 5 heteroatoms. The number of hydrogen-bond acceptors (Lipinski definition) is 3. The Balaban J connectivity index is 2.36. The molecule has 0 radical (unpaired) electrons. The predicted octanol–water partition coefficient (Wildman–Crippen LogP) is 1.90. The number of hydrogen-bond donors (Lipinski definition) is 1. The monoisotopic (exact) mass is 328 g/mol. The van der Waals surface area contributed by atoms with Crippen molar-refractivity contribution in [2.75, 3.05) is 7.05 Å². The first-order chi connectivity index (χ1) is 7.70. The van der Waals surface area contributed by atoms with Crippen LogP contribution >= 0.6 is 22.6 Å². The lowest BCUT2D eigenvalue weighted by atomic mass is 10.2. The molecular weight excluding hydrogens is 315 g/mol. The van der Waals surface area contributed by atoms with Gasteiger partial charge in [0.15, 0.2) is 5.82 Å². The first-order valence-electron chi connectivity index (χ1n) is 5.01. The highest BCUT2D eigenvalue weighted by Crippen LogP contribution is 2.13. The van der Waals surface area contributed by atoms with Crippen molar-refractivity contribution in [1.29, 1.82) is 0 Å². The van der Waals surface area contributed by atoms with E-state index < -0.39 is 0 Å². The van der Waals surface area contributed by atoms with Gasteiger partial charge in [-0.1, -0.05) is 0 Å². The van der Waals surface area contributed by atoms with Gasteiger partial charge in [0.1, 0.15) is 0 Å². The fourth-order valence-electron chi connectivity index (χ4n) is 1.58. The van der Waals surface area contributed by atoms with E-state index in [4.69, 9.17) is 0 Å². The molecule has 2 aromatic rings. The molecule has 0 saturated carbocycles. The molecule has 4 nitrogen and oxygen atoms in total. The van der Waals surface area contributed by atoms with E-state index in [1.807, 2.05) is 25.6 Å². The fraction of sp³-hybridized carbons (Fsp3) is 0.273. The van der Waals surface area contributed by atoms with Gasteiger partial charge in [0.05, 0.1) is 9.77 Å². The number of aromatic nitrogens is 3. The molecule has 0 spiro atoms. The molecule has 2 rings (SSSR count). The van der Waals surface area contributed by atoms with Crippen LogP contribution in [0.5, 0.6) is 0 Å². The molecular formula is C11H13IN4. The quantitative estimate of drug-likeness (QED) is 0.875. The van der Waals surface area contributed by atoms with Crippen molar-refractivity contribution < 1.29 is 0 Å². The summed E-state index contributed by atoms with van der Waals surface area (Å²) in [5.74, 6) is 0.891. The predicted molar refractivity (Wildman–Crippen MR) is 71.6 cm³/mol. The van der Waals surface area contributed by atoms with Gasteiger partial charge in [0, 0.05) is 18.9 Å². The van der Waals surface area contributed by atoms with Crippen LogP contribution in [0.15, 0.2) is 24.7 Å². The summed E-state index contributed by atoms with van der Waals surface area (Å²) in [5.41, 5.74) is 2.32. The SMILES string of the molecule is CNCc1cnc(-n2cc(I)cn2)c(C)c1. The number of halogens is 1. The van der Waals surface area contributed by atoms with Crippen molar-refractivity contribution in [2.45, 2.75) is 13.5 Å². The topological polar surface area (TPSA) is 42.7 Å². The van der Waals surface area contributed by atoms with Gasteiger partial charge in [0.2, 0.25) is 0 Å². The maximum absolute atomic E-state index is 4.44. The van der Waals surface area contributed by atoms with E-state index in [0.29, 0.717) is 0 Å². The van der Waals surface area contributed by atoms with Crippen molar-refractivity contribution in [3.05, 3.63) is 39.4 Å². The average molecular weight is 328 g/mol. The zero-order valence-electron chi connectivity index (χ0n) is 9.24. The van der Waals surface area contributed by atoms with E-state index in [1.165, 1.54) is 5.56 Å². The summed E-state index contributed by atoms with van der Waals surface area (Å²) in [6.45, 7) is 2.89. The number of aryl methyl sites for hydroxylation is 1. The largest absolute Gasteiger partial charge is 0.316 e. The highest BCUT2D eigenvalue weighted by Gasteiger charge is 2.05. The second kappa shape index (κ2) is 4.92. The van der Waals surface area contributed by atoms with Gasteiger partial charge in [-0.2, -0.15) is 5.10 Å². The second-order valence-electron chi connectivity index (χ2n) is 3.62. The smallest absolute Gasteiger partial charge is 0.156 e. The Bertz CT molecular complexity index is 492. The van der Waals surface area contributed by atoms with E-state index in [9.17, 15) is 0 Å². The molecule has 0 aliphatic heterocycles. The Morgan fingerprint density at radius 1 is 1.44 bits per heavy atom. The van der Waals surface area contributed by atoms with Gasteiger partial charge in [-0.3, -0.25) is 0 Å². The highest BCUT2D eigenvalue weighted by atomic mass is 127. The van der Waals surface area contributed by atoms with Crippen LogP contribution in [0.2, 0.25) is 0 Å². The molecule has 2 aromatic heterocycles. The van der Waals surface area contributed by atoms with Crippen LogP contribution < -0.4 is 5.32 Å². The van der Waals surface area contributed by atoms with Crippen LogP contribution in [0.25, 0.3) is 5.82 Å². The summed E-state index contributed by atoms with van der Waals surface area (Å²) in [6, 6.07) is 2.13. The zero-order valence-corrected chi connectivity index (χ0v) is 11.4. The van der Waals surface area contributed by atoms with Crippen molar-refractivity contribution in [1.82, 2.24) is 20.1 Å². The van der Waals surface area contributed by atoms with E-state index in [2.05, 4.69) is 51.0 Å². The summed E-state index contributed by atoms with van der Waals surface area (Å²) in [6.07, 6.45) is 5.67. The number of nitrogens with zero attached hydrogens (tertiary/aromatic N) is 3. The number of pyridine rings is 1. The van der Waals surface area contributed by atoms with Crippen LogP contribution in [0.4, 0.5) is 0 Å². The molecule has 0 aromatic carbocycles. The molecule has 0 amide bonds. The first-order valence-corrected chi connectivity index (χ1v) is 6.09. The summed E-state index contributed by atoms with van der Waals surface area (Å²) in [7, 11) is 1.93. The molecule has 0 bridgehead atoms. The molecule has 2 heterocycles. The minimum absolute atomic E-state index is 0.838. The zero-order chi connectivity index (χ0) is 11.5. The lowest BCUT2D eigenvalue weighted by Gasteiger charge is -2.07. The molecule has 1 N–H and O–H groups in total. The average Bonchev–Trinajstić information content (AvgIpc) is 2.65. The Hall–Kier alpha value is -0.950. The fourth-order valence-corrected chi connectivity index (χ4v) is 1.97.